The zero-order chi connectivity index (χ0) is 40.0. The number of quaternary nitrogens is 1. The molecule has 8 heteroatoms. The number of carbonyl (C=O) groups is 3. The molecule has 0 rings (SSSR count). The predicted molar refractivity (Wildman–Crippen MR) is 225 cm³/mol. The number of carbonyl (C=O) groups excluding carboxylic acids is 2. The van der Waals surface area contributed by atoms with E-state index in [4.69, 9.17) is 14.2 Å². The molecule has 0 aliphatic carbocycles. The van der Waals surface area contributed by atoms with E-state index in [1.165, 1.54) is 128 Å². The van der Waals surface area contributed by atoms with Crippen LogP contribution in [0.25, 0.3) is 0 Å². The molecule has 2 atom stereocenters. The van der Waals surface area contributed by atoms with Crippen LogP contribution in [0.4, 0.5) is 0 Å². The van der Waals surface area contributed by atoms with Gasteiger partial charge in [-0.25, -0.2) is 4.79 Å². The molecular weight excluding hydrogens is 679 g/mol. The second kappa shape index (κ2) is 38.0. The fourth-order valence-electron chi connectivity index (χ4n) is 6.85. The van der Waals surface area contributed by atoms with Crippen LogP contribution in [-0.4, -0.2) is 80.6 Å². The normalized spacial score (nSPS) is 13.0. The van der Waals surface area contributed by atoms with Crippen molar-refractivity contribution < 1.29 is 38.2 Å². The van der Waals surface area contributed by atoms with Crippen molar-refractivity contribution in [2.24, 2.45) is 0 Å². The molecule has 0 heterocycles. The van der Waals surface area contributed by atoms with Gasteiger partial charge >= 0.3 is 17.9 Å². The first-order valence-corrected chi connectivity index (χ1v) is 22.7. The number of carboxylic acids is 1. The van der Waals surface area contributed by atoms with Gasteiger partial charge < -0.3 is 23.8 Å². The Balaban J connectivity index is 4.29. The Morgan fingerprint density at radius 3 is 1.35 bits per heavy atom. The van der Waals surface area contributed by atoms with Gasteiger partial charge in [0.2, 0.25) is 0 Å². The number of carboxylic acid groups (broad SMARTS) is 1. The lowest BCUT2D eigenvalue weighted by Gasteiger charge is -2.31. The number of likely N-dealkylation sites (N-methyl/N-ethyl adjacent to an activating group) is 1. The Morgan fingerprint density at radius 1 is 0.537 bits per heavy atom. The van der Waals surface area contributed by atoms with Crippen LogP contribution in [0.15, 0.2) is 12.2 Å². The minimum atomic E-state index is -0.874. The second-order valence-corrected chi connectivity index (χ2v) is 16.7. The first-order valence-electron chi connectivity index (χ1n) is 22.7. The lowest BCUT2D eigenvalue weighted by molar-refractivity contribution is -0.887. The molecule has 318 valence electrons. The Labute approximate surface area is 333 Å². The average molecular weight is 767 g/mol. The topological polar surface area (TPSA) is 99.1 Å². The van der Waals surface area contributed by atoms with E-state index in [0.717, 1.165) is 51.4 Å². The fraction of sp³-hybridized carbons (Fsp3) is 0.891. The third-order valence-electron chi connectivity index (χ3n) is 10.4. The number of nitrogens with zero attached hydrogens (tertiary/aromatic N) is 1. The third-order valence-corrected chi connectivity index (χ3v) is 10.4. The van der Waals surface area contributed by atoms with E-state index in [9.17, 15) is 19.5 Å². The molecule has 0 saturated carbocycles. The highest BCUT2D eigenvalue weighted by atomic mass is 16.6. The van der Waals surface area contributed by atoms with Crippen molar-refractivity contribution in [2.75, 3.05) is 41.0 Å². The van der Waals surface area contributed by atoms with Gasteiger partial charge in [-0.15, -0.1) is 0 Å². The molecular formula is C46H88NO7+. The van der Waals surface area contributed by atoms with Crippen LogP contribution >= 0.6 is 0 Å². The number of aliphatic carboxylic acids is 1. The van der Waals surface area contributed by atoms with Crippen molar-refractivity contribution >= 4 is 17.9 Å². The van der Waals surface area contributed by atoms with Crippen LogP contribution in [0, 0.1) is 0 Å². The summed E-state index contributed by atoms with van der Waals surface area (Å²) in [7, 11) is 5.53. The number of ether oxygens (including phenoxy) is 3. The summed E-state index contributed by atoms with van der Waals surface area (Å²) in [5, 5.41) is 9.61. The molecule has 1 N–H and O–H groups in total. The molecule has 0 saturated heterocycles. The van der Waals surface area contributed by atoms with E-state index in [1.54, 1.807) is 0 Å². The summed E-state index contributed by atoms with van der Waals surface area (Å²) in [5.74, 6) is -1.47. The minimum Gasteiger partial charge on any atom is -0.477 e. The van der Waals surface area contributed by atoms with Gasteiger partial charge in [0, 0.05) is 19.3 Å². The maximum atomic E-state index is 12.7. The van der Waals surface area contributed by atoms with Crippen LogP contribution in [0.2, 0.25) is 0 Å². The van der Waals surface area contributed by atoms with Crippen molar-refractivity contribution in [1.29, 1.82) is 0 Å². The lowest BCUT2D eigenvalue weighted by atomic mass is 10.0. The zero-order valence-electron chi connectivity index (χ0n) is 36.2. The second-order valence-electron chi connectivity index (χ2n) is 16.7. The summed E-state index contributed by atoms with van der Waals surface area (Å²) in [6.07, 6.45) is 39.6. The first kappa shape index (κ1) is 52.1. The molecule has 8 nitrogen and oxygen atoms in total. The maximum absolute atomic E-state index is 12.7. The van der Waals surface area contributed by atoms with Crippen molar-refractivity contribution in [3.63, 3.8) is 0 Å². The number of allylic oxidation sites excluding steroid dienone is 2. The number of rotatable bonds is 41. The highest BCUT2D eigenvalue weighted by molar-refractivity contribution is 5.72. The van der Waals surface area contributed by atoms with Crippen molar-refractivity contribution in [1.82, 2.24) is 0 Å². The van der Waals surface area contributed by atoms with Gasteiger partial charge in [-0.3, -0.25) is 9.59 Å². The monoisotopic (exact) mass is 767 g/mol. The summed E-state index contributed by atoms with van der Waals surface area (Å²) in [4.78, 5) is 36.9. The van der Waals surface area contributed by atoms with E-state index in [0.29, 0.717) is 19.3 Å². The van der Waals surface area contributed by atoms with Crippen molar-refractivity contribution in [2.45, 2.75) is 225 Å². The molecule has 0 aliphatic heterocycles. The summed E-state index contributed by atoms with van der Waals surface area (Å²) in [5.41, 5.74) is 0. The molecule has 0 aliphatic rings. The van der Waals surface area contributed by atoms with Gasteiger partial charge in [0.05, 0.1) is 34.4 Å². The van der Waals surface area contributed by atoms with E-state index < -0.39 is 18.1 Å². The summed E-state index contributed by atoms with van der Waals surface area (Å²) < 4.78 is 17.3. The third kappa shape index (κ3) is 35.8. The number of unbranched alkanes of at least 4 members (excludes halogenated alkanes) is 25. The predicted octanol–water partition coefficient (Wildman–Crippen LogP) is 12.3. The Hall–Kier alpha value is -1.93. The summed E-state index contributed by atoms with van der Waals surface area (Å²) >= 11 is 0. The van der Waals surface area contributed by atoms with Gasteiger partial charge in [-0.2, -0.15) is 0 Å². The molecule has 0 amide bonds. The van der Waals surface area contributed by atoms with Crippen molar-refractivity contribution in [3.8, 4) is 0 Å². The minimum absolute atomic E-state index is 0.0510. The Bertz CT molecular complexity index is 900. The fourth-order valence-corrected chi connectivity index (χ4v) is 6.85. The average Bonchev–Trinajstić information content (AvgIpc) is 3.12. The van der Waals surface area contributed by atoms with E-state index in [2.05, 4.69) is 26.0 Å². The van der Waals surface area contributed by atoms with Gasteiger partial charge in [-0.05, 0) is 38.5 Å². The molecule has 2 unspecified atom stereocenters. The molecule has 0 bridgehead atoms. The van der Waals surface area contributed by atoms with Gasteiger partial charge in [0.15, 0.2) is 12.1 Å². The van der Waals surface area contributed by atoms with Crippen LogP contribution < -0.4 is 0 Å². The van der Waals surface area contributed by atoms with E-state index in [1.807, 2.05) is 21.1 Å². The van der Waals surface area contributed by atoms with Gasteiger partial charge in [-0.1, -0.05) is 167 Å². The molecule has 0 spiro atoms. The highest BCUT2D eigenvalue weighted by Gasteiger charge is 2.31. The van der Waals surface area contributed by atoms with E-state index >= 15 is 0 Å². The molecule has 54 heavy (non-hydrogen) atoms. The molecule has 0 fully saturated rings. The van der Waals surface area contributed by atoms with Crippen LogP contribution in [-0.2, 0) is 28.6 Å². The quantitative estimate of drug-likeness (QED) is 0.0286. The molecule has 0 aromatic rings. The zero-order valence-corrected chi connectivity index (χ0v) is 36.2. The lowest BCUT2D eigenvalue weighted by Crippen LogP contribution is -2.50. The molecule has 0 aromatic carbocycles. The van der Waals surface area contributed by atoms with Gasteiger partial charge in [0.25, 0.3) is 0 Å². The van der Waals surface area contributed by atoms with Crippen molar-refractivity contribution in [3.05, 3.63) is 12.2 Å². The standard InChI is InChI=1S/C46H87NO7/c1-6-8-10-12-14-16-18-20-21-22-23-25-26-28-30-32-34-36-44(48)53-41-42(40-52-39-38-43(46(50)51)47(3,4)5)54-45(49)37-35-33-31-29-27-24-19-17-15-13-11-9-7-2/h24,27,42-43H,6-23,25-26,28-41H2,1-5H3/p+1/b27-24+. The van der Waals surface area contributed by atoms with Crippen LogP contribution in [0.5, 0.6) is 0 Å². The molecule has 0 radical (unpaired) electrons. The van der Waals surface area contributed by atoms with Crippen LogP contribution in [0.1, 0.15) is 213 Å². The number of esters is 2. The smallest absolute Gasteiger partial charge is 0.362 e. The van der Waals surface area contributed by atoms with Crippen LogP contribution in [0.3, 0.4) is 0 Å². The number of hydrogen-bond acceptors (Lipinski definition) is 6. The summed E-state index contributed by atoms with van der Waals surface area (Å²) in [6.45, 7) is 4.74. The summed E-state index contributed by atoms with van der Waals surface area (Å²) in [6, 6.07) is -0.612. The van der Waals surface area contributed by atoms with E-state index in [-0.39, 0.29) is 36.2 Å². The largest absolute Gasteiger partial charge is 0.477 e. The SMILES string of the molecule is CCCCCCCC/C=C/CCCCCC(=O)OC(COCCC(C(=O)O)[N+](C)(C)C)COC(=O)CCCCCCCCCCCCCCCCCCC. The first-order chi connectivity index (χ1) is 26.1. The molecule has 0 aromatic heterocycles. The van der Waals surface area contributed by atoms with Gasteiger partial charge in [0.1, 0.15) is 6.61 Å². The Kier molecular flexibility index (Phi) is 36.6. The Morgan fingerprint density at radius 2 is 0.926 bits per heavy atom. The highest BCUT2D eigenvalue weighted by Crippen LogP contribution is 2.15. The number of hydrogen-bond donors (Lipinski definition) is 1. The maximum Gasteiger partial charge on any atom is 0.362 e.